The summed E-state index contributed by atoms with van der Waals surface area (Å²) in [6, 6.07) is 7.88. The third kappa shape index (κ3) is 4.19. The molecule has 0 radical (unpaired) electrons. The highest BCUT2D eigenvalue weighted by Crippen LogP contribution is 2.12. The van der Waals surface area contributed by atoms with E-state index in [4.69, 9.17) is 11.1 Å². The molecule has 0 spiro atoms. The molecule has 0 amide bonds. The molecule has 1 atom stereocenters. The Kier molecular flexibility index (Phi) is 5.16. The zero-order valence-corrected chi connectivity index (χ0v) is 11.0. The number of hydrogen-bond acceptors (Lipinski definition) is 2. The molecule has 0 aliphatic heterocycles. The minimum absolute atomic E-state index is 0.150. The summed E-state index contributed by atoms with van der Waals surface area (Å²) in [6.45, 7) is 6.39. The second-order valence-electron chi connectivity index (χ2n) is 4.78. The second kappa shape index (κ2) is 6.40. The third-order valence-corrected chi connectivity index (χ3v) is 3.07. The van der Waals surface area contributed by atoms with Crippen LogP contribution in [0.25, 0.3) is 0 Å². The Labute approximate surface area is 104 Å². The minimum atomic E-state index is 0.150. The minimum Gasteiger partial charge on any atom is -0.384 e. The first-order valence-electron chi connectivity index (χ1n) is 6.15. The van der Waals surface area contributed by atoms with Gasteiger partial charge in [-0.15, -0.1) is 0 Å². The Morgan fingerprint density at radius 3 is 2.65 bits per heavy atom. The quantitative estimate of drug-likeness (QED) is 0.586. The molecule has 1 aromatic rings. The average molecular weight is 233 g/mol. The Morgan fingerprint density at radius 1 is 1.41 bits per heavy atom. The molecule has 17 heavy (non-hydrogen) atoms. The van der Waals surface area contributed by atoms with Crippen LogP contribution in [0, 0.1) is 11.3 Å². The van der Waals surface area contributed by atoms with Crippen LogP contribution >= 0.6 is 0 Å². The van der Waals surface area contributed by atoms with E-state index in [-0.39, 0.29) is 5.84 Å². The smallest absolute Gasteiger partial charge is 0.123 e. The summed E-state index contributed by atoms with van der Waals surface area (Å²) in [5, 5.41) is 7.56. The van der Waals surface area contributed by atoms with Crippen molar-refractivity contribution in [2.45, 2.75) is 26.8 Å². The van der Waals surface area contributed by atoms with Gasteiger partial charge in [-0.05, 0) is 18.5 Å². The molecule has 0 aromatic heterocycles. The molecular formula is C14H23N3. The van der Waals surface area contributed by atoms with Gasteiger partial charge in [-0.3, -0.25) is 5.41 Å². The molecule has 1 aromatic carbocycles. The monoisotopic (exact) mass is 233 g/mol. The number of benzene rings is 1. The normalized spacial score (nSPS) is 12.7. The first-order chi connectivity index (χ1) is 8.04. The molecule has 0 saturated carbocycles. The molecular weight excluding hydrogens is 210 g/mol. The molecule has 0 aliphatic rings. The van der Waals surface area contributed by atoms with Crippen molar-refractivity contribution in [1.29, 1.82) is 5.41 Å². The van der Waals surface area contributed by atoms with E-state index < -0.39 is 0 Å². The largest absolute Gasteiger partial charge is 0.384 e. The molecule has 1 rings (SSSR count). The average Bonchev–Trinajstić information content (AvgIpc) is 2.29. The highest BCUT2D eigenvalue weighted by molar-refractivity contribution is 5.96. The first kappa shape index (κ1) is 13.7. The van der Waals surface area contributed by atoms with Crippen LogP contribution in [-0.4, -0.2) is 24.3 Å². The lowest BCUT2D eigenvalue weighted by Crippen LogP contribution is -2.25. The fraction of sp³-hybridized carbons (Fsp3) is 0.500. The van der Waals surface area contributed by atoms with E-state index in [0.29, 0.717) is 5.92 Å². The number of hydrogen-bond donors (Lipinski definition) is 2. The molecule has 0 heterocycles. The summed E-state index contributed by atoms with van der Waals surface area (Å²) in [4.78, 5) is 2.29. The van der Waals surface area contributed by atoms with Crippen molar-refractivity contribution < 1.29 is 0 Å². The molecule has 94 valence electrons. The summed E-state index contributed by atoms with van der Waals surface area (Å²) in [5.41, 5.74) is 7.56. The fourth-order valence-corrected chi connectivity index (χ4v) is 1.94. The number of nitrogen functional groups attached to an aromatic ring is 1. The number of nitrogens with one attached hydrogen (secondary N) is 1. The lowest BCUT2D eigenvalue weighted by Gasteiger charge is -2.21. The molecule has 3 heteroatoms. The van der Waals surface area contributed by atoms with E-state index in [9.17, 15) is 0 Å². The fourth-order valence-electron chi connectivity index (χ4n) is 1.94. The molecule has 0 aliphatic carbocycles. The first-order valence-corrected chi connectivity index (χ1v) is 6.15. The van der Waals surface area contributed by atoms with E-state index >= 15 is 0 Å². The van der Waals surface area contributed by atoms with Crippen LogP contribution in [0.15, 0.2) is 24.3 Å². The predicted octanol–water partition coefficient (Wildman–Crippen LogP) is 2.45. The van der Waals surface area contributed by atoms with Gasteiger partial charge in [-0.1, -0.05) is 44.5 Å². The van der Waals surface area contributed by atoms with Crippen LogP contribution in [0.4, 0.5) is 0 Å². The van der Waals surface area contributed by atoms with E-state index in [1.807, 2.05) is 24.3 Å². The number of rotatable bonds is 6. The van der Waals surface area contributed by atoms with Gasteiger partial charge in [-0.25, -0.2) is 0 Å². The number of nitrogens with zero attached hydrogens (tertiary/aromatic N) is 1. The van der Waals surface area contributed by atoms with Gasteiger partial charge in [0.2, 0.25) is 0 Å². The lowest BCUT2D eigenvalue weighted by atomic mass is 10.0. The Bertz CT molecular complexity index is 373. The van der Waals surface area contributed by atoms with Crippen LogP contribution in [0.2, 0.25) is 0 Å². The van der Waals surface area contributed by atoms with Crippen LogP contribution in [-0.2, 0) is 6.54 Å². The van der Waals surface area contributed by atoms with Gasteiger partial charge in [0, 0.05) is 18.7 Å². The Hall–Kier alpha value is -1.35. The number of amidine groups is 1. The Morgan fingerprint density at radius 2 is 2.06 bits per heavy atom. The summed E-state index contributed by atoms with van der Waals surface area (Å²) < 4.78 is 0. The van der Waals surface area contributed by atoms with Crippen molar-refractivity contribution in [3.8, 4) is 0 Å². The van der Waals surface area contributed by atoms with Crippen LogP contribution in [0.5, 0.6) is 0 Å². The van der Waals surface area contributed by atoms with Crippen LogP contribution < -0.4 is 5.73 Å². The highest BCUT2D eigenvalue weighted by Gasteiger charge is 2.09. The predicted molar refractivity (Wildman–Crippen MR) is 73.2 cm³/mol. The van der Waals surface area contributed by atoms with Crippen molar-refractivity contribution in [3.05, 3.63) is 35.4 Å². The van der Waals surface area contributed by atoms with Gasteiger partial charge in [0.15, 0.2) is 0 Å². The van der Waals surface area contributed by atoms with Crippen molar-refractivity contribution in [3.63, 3.8) is 0 Å². The van der Waals surface area contributed by atoms with E-state index in [1.54, 1.807) is 0 Å². The summed E-state index contributed by atoms with van der Waals surface area (Å²) in [6.07, 6.45) is 1.19. The maximum Gasteiger partial charge on any atom is 0.123 e. The topological polar surface area (TPSA) is 53.1 Å². The summed E-state index contributed by atoms with van der Waals surface area (Å²) >= 11 is 0. The zero-order valence-electron chi connectivity index (χ0n) is 11.0. The molecule has 3 N–H and O–H groups in total. The Balaban J connectivity index is 2.71. The molecule has 3 nitrogen and oxygen atoms in total. The van der Waals surface area contributed by atoms with Crippen molar-refractivity contribution in [1.82, 2.24) is 4.90 Å². The third-order valence-electron chi connectivity index (χ3n) is 3.07. The second-order valence-corrected chi connectivity index (χ2v) is 4.78. The van der Waals surface area contributed by atoms with E-state index in [2.05, 4.69) is 25.8 Å². The summed E-state index contributed by atoms with van der Waals surface area (Å²) in [7, 11) is 2.11. The SMILES string of the molecule is CCC(C)CN(C)Cc1ccccc1C(=N)N. The van der Waals surface area contributed by atoms with Crippen molar-refractivity contribution in [2.24, 2.45) is 11.7 Å². The standard InChI is InChI=1S/C14H23N3/c1-4-11(2)9-17(3)10-12-7-5-6-8-13(12)14(15)16/h5-8,11H,4,9-10H2,1-3H3,(H3,15,16). The number of nitrogens with two attached hydrogens (primary N) is 1. The molecule has 1 unspecified atom stereocenters. The summed E-state index contributed by atoms with van der Waals surface area (Å²) in [5.74, 6) is 0.849. The van der Waals surface area contributed by atoms with Crippen molar-refractivity contribution >= 4 is 5.84 Å². The maximum atomic E-state index is 7.56. The van der Waals surface area contributed by atoms with Gasteiger partial charge in [0.05, 0.1) is 0 Å². The van der Waals surface area contributed by atoms with E-state index in [1.165, 1.54) is 6.42 Å². The molecule has 0 fully saturated rings. The molecule has 0 saturated heterocycles. The molecule has 0 bridgehead atoms. The van der Waals surface area contributed by atoms with Gasteiger partial charge in [0.25, 0.3) is 0 Å². The zero-order chi connectivity index (χ0) is 12.8. The van der Waals surface area contributed by atoms with Gasteiger partial charge < -0.3 is 10.6 Å². The van der Waals surface area contributed by atoms with E-state index in [0.717, 1.165) is 24.2 Å². The lowest BCUT2D eigenvalue weighted by molar-refractivity contribution is 0.275. The van der Waals surface area contributed by atoms with Crippen molar-refractivity contribution in [2.75, 3.05) is 13.6 Å². The highest BCUT2D eigenvalue weighted by atomic mass is 15.1. The van der Waals surface area contributed by atoms with Gasteiger partial charge in [0.1, 0.15) is 5.84 Å². The maximum absolute atomic E-state index is 7.56. The van der Waals surface area contributed by atoms with Crippen LogP contribution in [0.1, 0.15) is 31.4 Å². The van der Waals surface area contributed by atoms with Gasteiger partial charge >= 0.3 is 0 Å². The van der Waals surface area contributed by atoms with Gasteiger partial charge in [-0.2, -0.15) is 0 Å². The van der Waals surface area contributed by atoms with Crippen LogP contribution in [0.3, 0.4) is 0 Å².